The fourth-order valence-electron chi connectivity index (χ4n) is 4.51. The van der Waals surface area contributed by atoms with Crippen LogP contribution < -0.4 is 9.64 Å². The largest absolute Gasteiger partial charge is 0.507 e. The second kappa shape index (κ2) is 9.20. The van der Waals surface area contributed by atoms with E-state index in [1.165, 1.54) is 40.5 Å². The Bertz CT molecular complexity index is 1540. The van der Waals surface area contributed by atoms with E-state index >= 15 is 0 Å². The summed E-state index contributed by atoms with van der Waals surface area (Å²) < 4.78 is 20.1. The number of aromatic nitrogens is 1. The Labute approximate surface area is 211 Å². The van der Waals surface area contributed by atoms with Gasteiger partial charge in [-0.3, -0.25) is 14.5 Å². The molecule has 0 bridgehead atoms. The summed E-state index contributed by atoms with van der Waals surface area (Å²) in [4.78, 5) is 32.9. The first kappa shape index (κ1) is 23.7. The van der Waals surface area contributed by atoms with E-state index < -0.39 is 23.5 Å². The minimum Gasteiger partial charge on any atom is -0.507 e. The third kappa shape index (κ3) is 4.03. The van der Waals surface area contributed by atoms with Crippen molar-refractivity contribution >= 4 is 44.1 Å². The van der Waals surface area contributed by atoms with E-state index in [1.54, 1.807) is 24.3 Å². The van der Waals surface area contributed by atoms with Crippen LogP contribution in [0.15, 0.2) is 66.2 Å². The predicted molar refractivity (Wildman–Crippen MR) is 138 cm³/mol. The molecule has 1 N–H and O–H groups in total. The Morgan fingerprint density at radius 1 is 1.11 bits per heavy atom. The number of hydrogen-bond donors (Lipinski definition) is 1. The van der Waals surface area contributed by atoms with Gasteiger partial charge in [-0.2, -0.15) is 0 Å². The van der Waals surface area contributed by atoms with Crippen molar-refractivity contribution in [2.45, 2.75) is 26.8 Å². The molecule has 0 saturated carbocycles. The summed E-state index contributed by atoms with van der Waals surface area (Å²) in [6.07, 6.45) is 0. The van der Waals surface area contributed by atoms with E-state index in [9.17, 15) is 19.1 Å². The minimum absolute atomic E-state index is 0.0904. The lowest BCUT2D eigenvalue weighted by Crippen LogP contribution is -2.29. The second-order valence-corrected chi connectivity index (χ2v) is 9.62. The molecule has 1 fully saturated rings. The van der Waals surface area contributed by atoms with Crippen molar-refractivity contribution in [2.24, 2.45) is 0 Å². The highest BCUT2D eigenvalue weighted by Crippen LogP contribution is 2.45. The molecule has 0 spiro atoms. The Hall–Kier alpha value is -4.04. The van der Waals surface area contributed by atoms with Crippen molar-refractivity contribution in [3.8, 4) is 5.75 Å². The molecule has 2 heterocycles. The lowest BCUT2D eigenvalue weighted by molar-refractivity contribution is -0.132. The summed E-state index contributed by atoms with van der Waals surface area (Å²) in [5.74, 6) is -1.92. The number of rotatable bonds is 5. The van der Waals surface area contributed by atoms with E-state index in [1.807, 2.05) is 32.9 Å². The number of aryl methyl sites for hydroxylation is 2. The third-order valence-corrected chi connectivity index (χ3v) is 7.07. The Kier molecular flexibility index (Phi) is 6.05. The Balaban J connectivity index is 1.74. The van der Waals surface area contributed by atoms with Crippen molar-refractivity contribution in [2.75, 3.05) is 11.5 Å². The van der Waals surface area contributed by atoms with Crippen LogP contribution in [0.3, 0.4) is 0 Å². The number of aliphatic hydroxyl groups is 1. The number of carbonyl (C=O) groups is 2. The van der Waals surface area contributed by atoms with E-state index in [2.05, 4.69) is 0 Å². The smallest absolute Gasteiger partial charge is 0.301 e. The van der Waals surface area contributed by atoms with Gasteiger partial charge in [0.15, 0.2) is 5.13 Å². The van der Waals surface area contributed by atoms with Gasteiger partial charge in [-0.25, -0.2) is 9.37 Å². The number of nitrogens with zero attached hydrogens (tertiary/aromatic N) is 2. The van der Waals surface area contributed by atoms with Gasteiger partial charge in [0.05, 0.1) is 28.4 Å². The number of anilines is 1. The molecular weight excluding hydrogens is 479 g/mol. The maximum absolute atomic E-state index is 13.5. The number of thiazole rings is 1. The normalized spacial score (nSPS) is 17.2. The van der Waals surface area contributed by atoms with Gasteiger partial charge in [0, 0.05) is 5.56 Å². The monoisotopic (exact) mass is 502 g/mol. The van der Waals surface area contributed by atoms with Crippen LogP contribution in [0.1, 0.15) is 35.2 Å². The summed E-state index contributed by atoms with van der Waals surface area (Å²) in [5, 5.41) is 11.6. The molecule has 8 heteroatoms. The molecule has 4 aromatic rings. The van der Waals surface area contributed by atoms with Gasteiger partial charge >= 0.3 is 5.91 Å². The molecule has 6 nitrogen and oxygen atoms in total. The molecule has 1 atom stereocenters. The summed E-state index contributed by atoms with van der Waals surface area (Å²) in [6, 6.07) is 15.2. The standard InChI is InChI=1S/C28H23FN2O4S/c1-4-35-20-7-5-6-18(14-20)24-22(25(32)17-8-10-19(29)11-9-17)26(33)27(34)31(24)28-30-23-16(3)12-15(2)13-21(23)36-28/h5-14,24,32H,4H2,1-3H3. The summed E-state index contributed by atoms with van der Waals surface area (Å²) in [7, 11) is 0. The first-order valence-corrected chi connectivity index (χ1v) is 12.3. The predicted octanol–water partition coefficient (Wildman–Crippen LogP) is 6.08. The SMILES string of the molecule is CCOc1cccc(C2C(=C(O)c3ccc(F)cc3)C(=O)C(=O)N2c2nc3c(C)cc(C)cc3s2)c1. The number of hydrogen-bond acceptors (Lipinski definition) is 6. The van der Waals surface area contributed by atoms with Gasteiger partial charge in [0.25, 0.3) is 5.78 Å². The molecule has 0 radical (unpaired) electrons. The van der Waals surface area contributed by atoms with Gasteiger partial charge in [-0.1, -0.05) is 29.5 Å². The van der Waals surface area contributed by atoms with Crippen molar-refractivity contribution < 1.29 is 23.8 Å². The number of amides is 1. The highest BCUT2D eigenvalue weighted by molar-refractivity contribution is 7.22. The molecule has 3 aromatic carbocycles. The molecule has 182 valence electrons. The molecule has 1 aliphatic rings. The van der Waals surface area contributed by atoms with Crippen LogP contribution in [-0.4, -0.2) is 28.4 Å². The van der Waals surface area contributed by atoms with Crippen molar-refractivity contribution in [1.82, 2.24) is 4.98 Å². The van der Waals surface area contributed by atoms with Gasteiger partial charge in [0.1, 0.15) is 17.3 Å². The Morgan fingerprint density at radius 2 is 1.86 bits per heavy atom. The third-order valence-electron chi connectivity index (χ3n) is 6.07. The molecule has 1 aromatic heterocycles. The highest BCUT2D eigenvalue weighted by atomic mass is 32.1. The molecule has 1 saturated heterocycles. The van der Waals surface area contributed by atoms with E-state index in [-0.39, 0.29) is 16.9 Å². The molecule has 5 rings (SSSR count). The number of carbonyl (C=O) groups excluding carboxylic acids is 2. The van der Waals surface area contributed by atoms with Crippen LogP contribution in [-0.2, 0) is 9.59 Å². The zero-order valence-electron chi connectivity index (χ0n) is 19.9. The van der Waals surface area contributed by atoms with Gasteiger partial charge in [-0.05, 0) is 79.9 Å². The molecule has 0 aliphatic carbocycles. The average molecular weight is 503 g/mol. The number of halogens is 1. The topological polar surface area (TPSA) is 79.7 Å². The van der Waals surface area contributed by atoms with E-state index in [4.69, 9.17) is 9.72 Å². The van der Waals surface area contributed by atoms with Gasteiger partial charge < -0.3 is 9.84 Å². The maximum atomic E-state index is 13.5. The van der Waals surface area contributed by atoms with Crippen LogP contribution >= 0.6 is 11.3 Å². The van der Waals surface area contributed by atoms with Crippen molar-refractivity contribution in [3.05, 3.63) is 94.3 Å². The number of benzene rings is 3. The first-order valence-electron chi connectivity index (χ1n) is 11.5. The molecular formula is C28H23FN2O4S. The molecule has 36 heavy (non-hydrogen) atoms. The van der Waals surface area contributed by atoms with Crippen LogP contribution in [0.25, 0.3) is 16.0 Å². The number of fused-ring (bicyclic) bond motifs is 1. The van der Waals surface area contributed by atoms with Crippen molar-refractivity contribution in [1.29, 1.82) is 0 Å². The lowest BCUT2D eigenvalue weighted by atomic mass is 9.95. The van der Waals surface area contributed by atoms with Crippen molar-refractivity contribution in [3.63, 3.8) is 0 Å². The summed E-state index contributed by atoms with van der Waals surface area (Å²) >= 11 is 1.31. The highest BCUT2D eigenvalue weighted by Gasteiger charge is 2.48. The number of ketones is 1. The van der Waals surface area contributed by atoms with Crippen LogP contribution in [0, 0.1) is 19.7 Å². The van der Waals surface area contributed by atoms with Crippen LogP contribution in [0.5, 0.6) is 5.75 Å². The minimum atomic E-state index is -0.947. The fraction of sp³-hybridized carbons (Fsp3) is 0.179. The summed E-state index contributed by atoms with van der Waals surface area (Å²) in [5.41, 5.74) is 3.50. The zero-order chi connectivity index (χ0) is 25.6. The zero-order valence-corrected chi connectivity index (χ0v) is 20.7. The fourth-order valence-corrected chi connectivity index (χ4v) is 5.68. The van der Waals surface area contributed by atoms with Gasteiger partial charge in [0.2, 0.25) is 0 Å². The average Bonchev–Trinajstić information content (AvgIpc) is 3.38. The second-order valence-electron chi connectivity index (χ2n) is 8.61. The Morgan fingerprint density at radius 3 is 2.58 bits per heavy atom. The lowest BCUT2D eigenvalue weighted by Gasteiger charge is -2.23. The maximum Gasteiger partial charge on any atom is 0.301 e. The van der Waals surface area contributed by atoms with E-state index in [0.29, 0.717) is 23.1 Å². The van der Waals surface area contributed by atoms with Crippen LogP contribution in [0.2, 0.25) is 0 Å². The molecule has 1 aliphatic heterocycles. The first-order chi connectivity index (χ1) is 17.3. The molecule has 1 unspecified atom stereocenters. The number of Topliss-reactive ketones (excluding diaryl/α,β-unsaturated/α-hetero) is 1. The van der Waals surface area contributed by atoms with Crippen LogP contribution in [0.4, 0.5) is 9.52 Å². The quantitative estimate of drug-likeness (QED) is 0.203. The van der Waals surface area contributed by atoms with Gasteiger partial charge in [-0.15, -0.1) is 0 Å². The van der Waals surface area contributed by atoms with E-state index in [0.717, 1.165) is 21.3 Å². The number of aliphatic hydroxyl groups excluding tert-OH is 1. The molecule has 1 amide bonds. The summed E-state index contributed by atoms with van der Waals surface area (Å²) in [6.45, 7) is 6.24. The number of ether oxygens (including phenoxy) is 1.